The van der Waals surface area contributed by atoms with Crippen LogP contribution in [0.15, 0.2) is 10.5 Å². The monoisotopic (exact) mass is 280 g/mol. The van der Waals surface area contributed by atoms with Crippen LogP contribution in [0.2, 0.25) is 0 Å². The van der Waals surface area contributed by atoms with Crippen LogP contribution in [0.25, 0.3) is 0 Å². The number of rotatable bonds is 5. The Bertz CT molecular complexity index is 450. The van der Waals surface area contributed by atoms with E-state index >= 15 is 0 Å². The van der Waals surface area contributed by atoms with Gasteiger partial charge in [-0.3, -0.25) is 4.79 Å². The maximum Gasteiger partial charge on any atom is 0.224 e. The smallest absolute Gasteiger partial charge is 0.224 e. The van der Waals surface area contributed by atoms with Crippen LogP contribution in [0.4, 0.5) is 0 Å². The minimum Gasteiger partial charge on any atom is -0.466 e. The Hall–Kier alpha value is -1.33. The molecule has 1 amide bonds. The van der Waals surface area contributed by atoms with E-state index in [1.54, 1.807) is 0 Å². The summed E-state index contributed by atoms with van der Waals surface area (Å²) in [6.45, 7) is 9.44. The molecule has 1 atom stereocenters. The standard InChI is InChI=1S/C15H24N2O3/c1-11-10-14(13(3)20-11)12(2)16-5-4-15(18)17-6-8-19-9-7-17/h10,12,16H,4-9H2,1-3H3. The summed E-state index contributed by atoms with van der Waals surface area (Å²) in [5.74, 6) is 2.07. The highest BCUT2D eigenvalue weighted by atomic mass is 16.5. The van der Waals surface area contributed by atoms with Crippen LogP contribution in [0.3, 0.4) is 0 Å². The summed E-state index contributed by atoms with van der Waals surface area (Å²) in [7, 11) is 0. The summed E-state index contributed by atoms with van der Waals surface area (Å²) in [4.78, 5) is 13.9. The van der Waals surface area contributed by atoms with Crippen molar-refractivity contribution < 1.29 is 13.9 Å². The molecule has 0 bridgehead atoms. The predicted octanol–water partition coefficient (Wildman–Crippen LogP) is 1.80. The van der Waals surface area contributed by atoms with E-state index in [9.17, 15) is 4.79 Å². The third-order valence-corrected chi connectivity index (χ3v) is 3.70. The fraction of sp³-hybridized carbons (Fsp3) is 0.667. The first-order valence-corrected chi connectivity index (χ1v) is 7.23. The molecule has 1 fully saturated rings. The van der Waals surface area contributed by atoms with Crippen LogP contribution in [0.5, 0.6) is 0 Å². The molecule has 112 valence electrons. The van der Waals surface area contributed by atoms with E-state index in [4.69, 9.17) is 9.15 Å². The number of hydrogen-bond acceptors (Lipinski definition) is 4. The third-order valence-electron chi connectivity index (χ3n) is 3.70. The lowest BCUT2D eigenvalue weighted by molar-refractivity contribution is -0.135. The summed E-state index contributed by atoms with van der Waals surface area (Å²) < 4.78 is 10.8. The molecule has 1 aliphatic rings. The number of furan rings is 1. The largest absolute Gasteiger partial charge is 0.466 e. The summed E-state index contributed by atoms with van der Waals surface area (Å²) in [5, 5.41) is 3.38. The molecule has 1 aromatic rings. The highest BCUT2D eigenvalue weighted by molar-refractivity contribution is 5.76. The molecule has 0 aliphatic carbocycles. The molecule has 5 nitrogen and oxygen atoms in total. The zero-order valence-electron chi connectivity index (χ0n) is 12.6. The molecular weight excluding hydrogens is 256 g/mol. The quantitative estimate of drug-likeness (QED) is 0.893. The van der Waals surface area contributed by atoms with E-state index in [-0.39, 0.29) is 11.9 Å². The summed E-state index contributed by atoms with van der Waals surface area (Å²) >= 11 is 0. The minimum atomic E-state index is 0.199. The van der Waals surface area contributed by atoms with Crippen molar-refractivity contribution in [2.24, 2.45) is 0 Å². The molecule has 20 heavy (non-hydrogen) atoms. The average molecular weight is 280 g/mol. The van der Waals surface area contributed by atoms with Gasteiger partial charge in [-0.2, -0.15) is 0 Å². The number of ether oxygens (including phenoxy) is 1. The van der Waals surface area contributed by atoms with Crippen LogP contribution < -0.4 is 5.32 Å². The van der Waals surface area contributed by atoms with Gasteiger partial charge in [-0.05, 0) is 26.8 Å². The number of carbonyl (C=O) groups excluding carboxylic acids is 1. The van der Waals surface area contributed by atoms with Gasteiger partial charge in [0.2, 0.25) is 5.91 Å². The van der Waals surface area contributed by atoms with Crippen LogP contribution in [0.1, 0.15) is 36.5 Å². The molecule has 2 rings (SSSR count). The highest BCUT2D eigenvalue weighted by Gasteiger charge is 2.17. The first-order chi connectivity index (χ1) is 9.58. The number of morpholine rings is 1. The first-order valence-electron chi connectivity index (χ1n) is 7.23. The summed E-state index contributed by atoms with van der Waals surface area (Å²) in [6.07, 6.45) is 0.528. The van der Waals surface area contributed by atoms with Crippen molar-refractivity contribution in [3.8, 4) is 0 Å². The second-order valence-electron chi connectivity index (χ2n) is 5.29. The Morgan fingerprint density at radius 2 is 2.10 bits per heavy atom. The van der Waals surface area contributed by atoms with Crippen molar-refractivity contribution in [2.45, 2.75) is 33.2 Å². The number of aryl methyl sites for hydroxylation is 2. The van der Waals surface area contributed by atoms with E-state index in [1.807, 2.05) is 18.7 Å². The van der Waals surface area contributed by atoms with Crippen LogP contribution in [-0.2, 0) is 9.53 Å². The maximum absolute atomic E-state index is 12.0. The maximum atomic E-state index is 12.0. The first kappa shape index (κ1) is 15.1. The van der Waals surface area contributed by atoms with E-state index in [0.29, 0.717) is 39.3 Å². The van der Waals surface area contributed by atoms with E-state index in [1.165, 1.54) is 5.56 Å². The van der Waals surface area contributed by atoms with Gasteiger partial charge in [-0.15, -0.1) is 0 Å². The van der Waals surface area contributed by atoms with Gasteiger partial charge in [0, 0.05) is 37.7 Å². The van der Waals surface area contributed by atoms with Gasteiger partial charge in [0.05, 0.1) is 13.2 Å². The SMILES string of the molecule is Cc1cc(C(C)NCCC(=O)N2CCOCC2)c(C)o1. The van der Waals surface area contributed by atoms with Crippen molar-refractivity contribution in [1.82, 2.24) is 10.2 Å². The van der Waals surface area contributed by atoms with Crippen LogP contribution in [0, 0.1) is 13.8 Å². The molecule has 1 aromatic heterocycles. The molecule has 1 unspecified atom stereocenters. The normalized spacial score (nSPS) is 17.2. The fourth-order valence-electron chi connectivity index (χ4n) is 2.56. The lowest BCUT2D eigenvalue weighted by atomic mass is 10.1. The van der Waals surface area contributed by atoms with Gasteiger partial charge in [-0.1, -0.05) is 0 Å². The average Bonchev–Trinajstić information content (AvgIpc) is 2.78. The Morgan fingerprint density at radius 1 is 1.40 bits per heavy atom. The van der Waals surface area contributed by atoms with Gasteiger partial charge in [0.1, 0.15) is 11.5 Å². The Kier molecular flexibility index (Phi) is 5.20. The molecule has 0 radical (unpaired) electrons. The van der Waals surface area contributed by atoms with Crippen molar-refractivity contribution in [2.75, 3.05) is 32.8 Å². The number of nitrogens with zero attached hydrogens (tertiary/aromatic N) is 1. The Balaban J connectivity index is 1.75. The van der Waals surface area contributed by atoms with Crippen LogP contribution in [-0.4, -0.2) is 43.7 Å². The van der Waals surface area contributed by atoms with Gasteiger partial charge in [-0.25, -0.2) is 0 Å². The topological polar surface area (TPSA) is 54.7 Å². The predicted molar refractivity (Wildman–Crippen MR) is 76.6 cm³/mol. The van der Waals surface area contributed by atoms with E-state index < -0.39 is 0 Å². The minimum absolute atomic E-state index is 0.199. The highest BCUT2D eigenvalue weighted by Crippen LogP contribution is 2.20. The lowest BCUT2D eigenvalue weighted by Crippen LogP contribution is -2.41. The van der Waals surface area contributed by atoms with E-state index in [2.05, 4.69) is 18.3 Å². The number of carbonyl (C=O) groups is 1. The number of amides is 1. The van der Waals surface area contributed by atoms with Crippen molar-refractivity contribution in [3.05, 3.63) is 23.2 Å². The van der Waals surface area contributed by atoms with E-state index in [0.717, 1.165) is 11.5 Å². The molecule has 1 N–H and O–H groups in total. The molecular formula is C15H24N2O3. The van der Waals surface area contributed by atoms with Crippen molar-refractivity contribution in [1.29, 1.82) is 0 Å². The molecule has 0 aromatic carbocycles. The second-order valence-corrected chi connectivity index (χ2v) is 5.29. The third kappa shape index (κ3) is 3.84. The molecule has 0 saturated carbocycles. The summed E-state index contributed by atoms with van der Waals surface area (Å²) in [5.41, 5.74) is 1.17. The summed E-state index contributed by atoms with van der Waals surface area (Å²) in [6, 6.07) is 2.25. The zero-order chi connectivity index (χ0) is 14.5. The van der Waals surface area contributed by atoms with Crippen molar-refractivity contribution in [3.63, 3.8) is 0 Å². The van der Waals surface area contributed by atoms with Gasteiger partial charge in [0.25, 0.3) is 0 Å². The molecule has 0 spiro atoms. The number of hydrogen-bond donors (Lipinski definition) is 1. The van der Waals surface area contributed by atoms with Gasteiger partial charge in [0.15, 0.2) is 0 Å². The van der Waals surface area contributed by atoms with Gasteiger partial charge < -0.3 is 19.4 Å². The van der Waals surface area contributed by atoms with Crippen LogP contribution >= 0.6 is 0 Å². The Labute approximate surface area is 120 Å². The van der Waals surface area contributed by atoms with Crippen molar-refractivity contribution >= 4 is 5.91 Å². The molecule has 1 aliphatic heterocycles. The van der Waals surface area contributed by atoms with Gasteiger partial charge >= 0.3 is 0 Å². The Morgan fingerprint density at radius 3 is 2.70 bits per heavy atom. The molecule has 2 heterocycles. The second kappa shape index (κ2) is 6.90. The lowest BCUT2D eigenvalue weighted by Gasteiger charge is -2.27. The molecule has 1 saturated heterocycles. The molecule has 5 heteroatoms. The zero-order valence-corrected chi connectivity index (χ0v) is 12.6. The fourth-order valence-corrected chi connectivity index (χ4v) is 2.56. The number of nitrogens with one attached hydrogen (secondary N) is 1.